The Hall–Kier alpha value is -1.51. The monoisotopic (exact) mass is 435 g/mol. The molecule has 0 fully saturated rings. The maximum atomic E-state index is 11.7. The molecule has 0 bridgehead atoms. The second-order valence-electron chi connectivity index (χ2n) is 5.74. The summed E-state index contributed by atoms with van der Waals surface area (Å²) in [6.07, 6.45) is 0.132. The number of amides is 1. The molecule has 1 aromatic rings. The van der Waals surface area contributed by atoms with Crippen molar-refractivity contribution in [1.29, 1.82) is 0 Å². The number of rotatable bonds is 6. The molecule has 0 saturated heterocycles. The van der Waals surface area contributed by atoms with Crippen LogP contribution in [0.1, 0.15) is 37.6 Å². The average Bonchev–Trinajstić information content (AvgIpc) is 2.45. The summed E-state index contributed by atoms with van der Waals surface area (Å²) in [5.74, 6) is 0.0580. The molecule has 0 atom stereocenters. The normalized spacial score (nSPS) is 10.8. The van der Waals surface area contributed by atoms with Crippen LogP contribution in [0.15, 0.2) is 18.2 Å². The van der Waals surface area contributed by atoms with Crippen LogP contribution in [0, 0.1) is 3.57 Å². The Morgan fingerprint density at radius 3 is 2.57 bits per heavy atom. The van der Waals surface area contributed by atoms with E-state index in [4.69, 9.17) is 14.2 Å². The summed E-state index contributed by atoms with van der Waals surface area (Å²) in [7, 11) is 1.33. The molecule has 0 aliphatic heterocycles. The van der Waals surface area contributed by atoms with Crippen LogP contribution in [0.3, 0.4) is 0 Å². The highest BCUT2D eigenvalue weighted by Gasteiger charge is 2.17. The van der Waals surface area contributed by atoms with Gasteiger partial charge in [-0.3, -0.25) is 0 Å². The molecule has 0 aromatic heterocycles. The number of methoxy groups -OCH3 is 1. The SMILES string of the molecule is COC(=O)c1cccc(I)c1OCCCNC(=O)OC(C)(C)C. The van der Waals surface area contributed by atoms with Crippen molar-refractivity contribution in [3.63, 3.8) is 0 Å². The molecule has 0 unspecified atom stereocenters. The lowest BCUT2D eigenvalue weighted by molar-refractivity contribution is 0.0525. The van der Waals surface area contributed by atoms with Crippen LogP contribution in [0.25, 0.3) is 0 Å². The molecule has 0 aliphatic carbocycles. The molecule has 0 heterocycles. The van der Waals surface area contributed by atoms with E-state index in [1.807, 2.05) is 6.07 Å². The van der Waals surface area contributed by atoms with Crippen LogP contribution in [-0.2, 0) is 9.47 Å². The van der Waals surface area contributed by atoms with Gasteiger partial charge in [0.2, 0.25) is 0 Å². The van der Waals surface area contributed by atoms with Gasteiger partial charge in [0.1, 0.15) is 16.9 Å². The molecule has 1 amide bonds. The molecule has 7 heteroatoms. The number of alkyl carbamates (subject to hydrolysis) is 1. The fourth-order valence-electron chi connectivity index (χ4n) is 1.68. The molecule has 1 aromatic carbocycles. The minimum atomic E-state index is -0.518. The first-order chi connectivity index (χ1) is 10.7. The maximum Gasteiger partial charge on any atom is 0.407 e. The van der Waals surface area contributed by atoms with Gasteiger partial charge in [-0.2, -0.15) is 0 Å². The summed E-state index contributed by atoms with van der Waals surface area (Å²) in [6, 6.07) is 5.27. The lowest BCUT2D eigenvalue weighted by Crippen LogP contribution is -2.33. The zero-order chi connectivity index (χ0) is 17.5. The van der Waals surface area contributed by atoms with Crippen molar-refractivity contribution in [2.45, 2.75) is 32.8 Å². The van der Waals surface area contributed by atoms with Crippen LogP contribution >= 0.6 is 22.6 Å². The highest BCUT2D eigenvalue weighted by molar-refractivity contribution is 14.1. The molecular weight excluding hydrogens is 413 g/mol. The van der Waals surface area contributed by atoms with Crippen molar-refractivity contribution in [3.8, 4) is 5.75 Å². The lowest BCUT2D eigenvalue weighted by atomic mass is 10.2. The molecule has 6 nitrogen and oxygen atoms in total. The second kappa shape index (κ2) is 8.95. The topological polar surface area (TPSA) is 73.9 Å². The molecule has 128 valence electrons. The largest absolute Gasteiger partial charge is 0.491 e. The van der Waals surface area contributed by atoms with E-state index in [1.54, 1.807) is 32.9 Å². The van der Waals surface area contributed by atoms with Crippen molar-refractivity contribution >= 4 is 34.7 Å². The van der Waals surface area contributed by atoms with Crippen molar-refractivity contribution < 1.29 is 23.8 Å². The summed E-state index contributed by atoms with van der Waals surface area (Å²) < 4.78 is 16.4. The average molecular weight is 435 g/mol. The van der Waals surface area contributed by atoms with E-state index in [0.29, 0.717) is 30.9 Å². The van der Waals surface area contributed by atoms with Gasteiger partial charge in [-0.05, 0) is 61.9 Å². The Balaban J connectivity index is 2.45. The van der Waals surface area contributed by atoms with E-state index < -0.39 is 17.7 Å². The number of nitrogens with one attached hydrogen (secondary N) is 1. The number of para-hydroxylation sites is 1. The standard InChI is InChI=1S/C16H22INO5/c1-16(2,3)23-15(20)18-9-6-10-22-13-11(14(19)21-4)7-5-8-12(13)17/h5,7-8H,6,9-10H2,1-4H3,(H,18,20). The first-order valence-electron chi connectivity index (χ1n) is 7.21. The summed E-state index contributed by atoms with van der Waals surface area (Å²) in [6.45, 7) is 6.20. The maximum absolute atomic E-state index is 11.7. The third-order valence-electron chi connectivity index (χ3n) is 2.61. The van der Waals surface area contributed by atoms with Crippen LogP contribution in [0.2, 0.25) is 0 Å². The van der Waals surface area contributed by atoms with Gasteiger partial charge in [-0.1, -0.05) is 6.07 Å². The van der Waals surface area contributed by atoms with E-state index in [-0.39, 0.29) is 0 Å². The van der Waals surface area contributed by atoms with E-state index in [1.165, 1.54) is 7.11 Å². The number of benzene rings is 1. The molecule has 1 N–H and O–H groups in total. The van der Waals surface area contributed by atoms with E-state index in [2.05, 4.69) is 27.9 Å². The third-order valence-corrected chi connectivity index (χ3v) is 3.46. The zero-order valence-corrected chi connectivity index (χ0v) is 15.9. The Morgan fingerprint density at radius 1 is 1.26 bits per heavy atom. The fourth-order valence-corrected chi connectivity index (χ4v) is 2.33. The Morgan fingerprint density at radius 2 is 1.96 bits per heavy atom. The lowest BCUT2D eigenvalue weighted by Gasteiger charge is -2.19. The number of hydrogen-bond acceptors (Lipinski definition) is 5. The first kappa shape index (κ1) is 19.5. The Labute approximate surface area is 150 Å². The Bertz CT molecular complexity index is 554. The van der Waals surface area contributed by atoms with E-state index >= 15 is 0 Å². The van der Waals surface area contributed by atoms with Gasteiger partial charge in [0, 0.05) is 6.54 Å². The first-order valence-corrected chi connectivity index (χ1v) is 8.29. The molecule has 0 saturated carbocycles. The van der Waals surface area contributed by atoms with Crippen molar-refractivity contribution in [1.82, 2.24) is 5.32 Å². The van der Waals surface area contributed by atoms with Crippen molar-refractivity contribution in [2.75, 3.05) is 20.3 Å². The number of carbonyl (C=O) groups is 2. The van der Waals surface area contributed by atoms with Gasteiger partial charge in [0.25, 0.3) is 0 Å². The van der Waals surface area contributed by atoms with Gasteiger partial charge >= 0.3 is 12.1 Å². The molecule has 0 aliphatic rings. The number of halogens is 1. The van der Waals surface area contributed by atoms with Crippen LogP contribution in [-0.4, -0.2) is 37.9 Å². The zero-order valence-electron chi connectivity index (χ0n) is 13.8. The van der Waals surface area contributed by atoms with Gasteiger partial charge in [0.15, 0.2) is 0 Å². The van der Waals surface area contributed by atoms with Crippen LogP contribution in [0.4, 0.5) is 4.79 Å². The van der Waals surface area contributed by atoms with E-state index in [9.17, 15) is 9.59 Å². The summed E-state index contributed by atoms with van der Waals surface area (Å²) in [5.41, 5.74) is -0.129. The number of hydrogen-bond donors (Lipinski definition) is 1. The summed E-state index contributed by atoms with van der Waals surface area (Å²) >= 11 is 2.10. The predicted octanol–water partition coefficient (Wildman–Crippen LogP) is 3.37. The Kier molecular flexibility index (Phi) is 7.60. The molecule has 0 spiro atoms. The van der Waals surface area contributed by atoms with Crippen molar-refractivity contribution in [2.24, 2.45) is 0 Å². The van der Waals surface area contributed by atoms with Gasteiger partial charge < -0.3 is 19.5 Å². The number of esters is 1. The van der Waals surface area contributed by atoms with Gasteiger partial charge in [0.05, 0.1) is 17.3 Å². The minimum Gasteiger partial charge on any atom is -0.491 e. The molecule has 1 rings (SSSR count). The smallest absolute Gasteiger partial charge is 0.407 e. The highest BCUT2D eigenvalue weighted by Crippen LogP contribution is 2.26. The van der Waals surface area contributed by atoms with Crippen LogP contribution < -0.4 is 10.1 Å². The third kappa shape index (κ3) is 7.06. The fraction of sp³-hybridized carbons (Fsp3) is 0.500. The molecule has 0 radical (unpaired) electrons. The summed E-state index contributed by atoms with van der Waals surface area (Å²) in [4.78, 5) is 23.2. The number of ether oxygens (including phenoxy) is 3. The second-order valence-corrected chi connectivity index (χ2v) is 6.90. The predicted molar refractivity (Wildman–Crippen MR) is 94.8 cm³/mol. The van der Waals surface area contributed by atoms with E-state index in [0.717, 1.165) is 3.57 Å². The number of carbonyl (C=O) groups excluding carboxylic acids is 2. The van der Waals surface area contributed by atoms with Crippen molar-refractivity contribution in [3.05, 3.63) is 27.3 Å². The molecular formula is C16H22INO5. The summed E-state index contributed by atoms with van der Waals surface area (Å²) in [5, 5.41) is 2.65. The quantitative estimate of drug-likeness (QED) is 0.422. The molecule has 23 heavy (non-hydrogen) atoms. The van der Waals surface area contributed by atoms with Crippen LogP contribution in [0.5, 0.6) is 5.75 Å². The highest BCUT2D eigenvalue weighted by atomic mass is 127. The van der Waals surface area contributed by atoms with Gasteiger partial charge in [-0.25, -0.2) is 9.59 Å². The van der Waals surface area contributed by atoms with Gasteiger partial charge in [-0.15, -0.1) is 0 Å². The minimum absolute atomic E-state index is 0.361.